The summed E-state index contributed by atoms with van der Waals surface area (Å²) in [7, 11) is 0. The van der Waals surface area contributed by atoms with Crippen LogP contribution in [0.15, 0.2) is 0 Å². The second kappa shape index (κ2) is 43.2. The van der Waals surface area contributed by atoms with Crippen molar-refractivity contribution in [2.24, 2.45) is 23.7 Å². The molecule has 0 unspecified atom stereocenters. The first-order chi connectivity index (χ1) is 49.0. The van der Waals surface area contributed by atoms with Crippen molar-refractivity contribution in [3.05, 3.63) is 0 Å². The number of fused-ring (bicyclic) bond motifs is 4. The average Bonchev–Trinajstić information content (AvgIpc) is 1.66. The van der Waals surface area contributed by atoms with E-state index in [0.717, 1.165) is 141 Å². The Morgan fingerprint density at radius 3 is 0.825 bits per heavy atom. The van der Waals surface area contributed by atoms with E-state index in [0.29, 0.717) is 71.0 Å². The van der Waals surface area contributed by atoms with E-state index in [9.17, 15) is 88.2 Å². The van der Waals surface area contributed by atoms with Crippen LogP contribution >= 0.6 is 0 Å². The smallest absolute Gasteiger partial charge is 0.326 e. The van der Waals surface area contributed by atoms with Crippen LogP contribution in [0.2, 0.25) is 0 Å². The van der Waals surface area contributed by atoms with Gasteiger partial charge < -0.3 is 59.7 Å². The SMILES string of the molecule is CCCCC[C@H](N[C@@H](C)C(=O)N1[C@H](C(=O)O)C[C@@H]2CCCC[C@@H]21)C(=O)OCC.CCCC[C@H](N[C@@H](C)C(=O)N1[C@H](C(=O)O)C[C@@H]2CCCC[C@@H]21)C(=O)O.CCC[C@H](N[C@@H](C)C(=O)N1[C@H](C(=O)O)C[C@@H]2CCCC[C@@H]21)C(=O)O.CCC[C@H](N[C@@H](C)C(=O)N1[C@H](C(=O)O)C[C@@H]2CCCC[C@@H]21)C(=O)OCC. The summed E-state index contributed by atoms with van der Waals surface area (Å²) < 4.78 is 10.3. The summed E-state index contributed by atoms with van der Waals surface area (Å²) in [5.41, 5.74) is 0. The van der Waals surface area contributed by atoms with Crippen molar-refractivity contribution < 1.29 is 97.6 Å². The van der Waals surface area contributed by atoms with Gasteiger partial charge in [0.15, 0.2) is 0 Å². The van der Waals surface area contributed by atoms with E-state index in [1.807, 2.05) is 20.8 Å². The van der Waals surface area contributed by atoms with Gasteiger partial charge in [-0.25, -0.2) is 19.2 Å². The molecule has 4 aliphatic carbocycles. The summed E-state index contributed by atoms with van der Waals surface area (Å²) in [5, 5.41) is 68.9. The molecule has 0 aromatic heterocycles. The fraction of sp³-hybridized carbons (Fsp3) is 0.840. The topological polar surface area (TPSA) is 406 Å². The maximum atomic E-state index is 13.2. The van der Waals surface area contributed by atoms with Gasteiger partial charge in [0.25, 0.3) is 0 Å². The van der Waals surface area contributed by atoms with Crippen LogP contribution in [0.4, 0.5) is 0 Å². The van der Waals surface area contributed by atoms with Crippen molar-refractivity contribution in [2.45, 2.75) is 365 Å². The maximum absolute atomic E-state index is 13.2. The van der Waals surface area contributed by atoms with Gasteiger partial charge in [-0.2, -0.15) is 0 Å². The third-order valence-electron chi connectivity index (χ3n) is 22.6. The number of unbranched alkanes of at least 4 members (excludes halogenated alkanes) is 3. The molecule has 0 radical (unpaired) electrons. The van der Waals surface area contributed by atoms with Crippen LogP contribution in [-0.4, -0.2) is 232 Å². The predicted molar refractivity (Wildman–Crippen MR) is 382 cm³/mol. The first kappa shape index (κ1) is 87.1. The Kier molecular flexibility index (Phi) is 36.5. The monoisotopic (exact) mass is 1460 g/mol. The van der Waals surface area contributed by atoms with Gasteiger partial charge in [0.1, 0.15) is 48.3 Å². The Bertz CT molecular complexity index is 2810. The number of rotatable bonds is 33. The number of aliphatic carboxylic acids is 6. The number of esters is 2. The number of carbonyl (C=O) groups excluding carboxylic acids is 6. The number of carboxylic acids is 6. The number of amides is 4. The Morgan fingerprint density at radius 2 is 0.573 bits per heavy atom. The molecule has 20 atom stereocenters. The largest absolute Gasteiger partial charge is 0.480 e. The zero-order chi connectivity index (χ0) is 76.4. The van der Waals surface area contributed by atoms with E-state index in [-0.39, 0.29) is 83.4 Å². The van der Waals surface area contributed by atoms with Gasteiger partial charge in [0, 0.05) is 24.2 Å². The van der Waals surface area contributed by atoms with Gasteiger partial charge >= 0.3 is 47.8 Å². The van der Waals surface area contributed by atoms with Crippen LogP contribution in [0.1, 0.15) is 268 Å². The van der Waals surface area contributed by atoms with Gasteiger partial charge in [-0.3, -0.25) is 59.6 Å². The van der Waals surface area contributed by atoms with E-state index in [4.69, 9.17) is 9.47 Å². The van der Waals surface area contributed by atoms with Crippen molar-refractivity contribution in [1.29, 1.82) is 0 Å². The molecular weight excluding hydrogens is 1330 g/mol. The first-order valence-corrected chi connectivity index (χ1v) is 39.1. The van der Waals surface area contributed by atoms with Crippen LogP contribution in [-0.2, 0) is 67.0 Å². The second-order valence-electron chi connectivity index (χ2n) is 29.9. The number of hydrogen-bond donors (Lipinski definition) is 10. The Balaban J connectivity index is 0.000000247. The maximum Gasteiger partial charge on any atom is 0.326 e. The third kappa shape index (κ3) is 24.0. The number of nitrogens with zero attached hydrogens (tertiary/aromatic N) is 4. The van der Waals surface area contributed by atoms with Crippen LogP contribution in [0, 0.1) is 23.7 Å². The molecule has 8 rings (SSSR count). The minimum Gasteiger partial charge on any atom is -0.480 e. The minimum atomic E-state index is -0.983. The molecule has 103 heavy (non-hydrogen) atoms. The number of carboxylic acid groups (broad SMARTS) is 6. The standard InChI is InChI=1S/C21H36N2O5.C19H32N2O5.C18H30N2O5.C17H28N2O5/c1-4-6-7-11-16(21(27)28-5-2)22-14(3)19(24)23-17-12-9-8-10-15(17)13-18(23)20(25)26;1-4-8-14(19(25)26-5-2)20-12(3)17(22)21-15-10-7-6-9-13(15)11-16(21)18(23)24;1-3-4-8-13(17(22)23)19-11(2)16(21)20-14-9-6-5-7-12(14)10-15(20)18(24)25;1-3-6-12(16(21)22)18-10(2)15(20)19-13-8-5-4-7-11(13)9-14(19)17(23)24/h14-18,22H,4-13H2,1-3H3,(H,25,26);12-16,20H,4-11H2,1-3H3,(H,23,24);11-15,19H,3-10H2,1-2H3,(H,22,23)(H,24,25);10-14,18H,3-9H2,1-2H3,(H,21,22)(H,23,24)/t14-,15-,16-,17-,18-;12-,13-,14-,15-,16-;11-,12-,13-,14-,15-;10-,11-,12-,13-,14-/m0000/s1. The lowest BCUT2D eigenvalue weighted by atomic mass is 9.84. The lowest BCUT2D eigenvalue weighted by Crippen LogP contribution is -2.55. The highest BCUT2D eigenvalue weighted by atomic mass is 16.5. The Hall–Kier alpha value is -6.52. The zero-order valence-corrected chi connectivity index (χ0v) is 63.1. The summed E-state index contributed by atoms with van der Waals surface area (Å²) in [4.78, 5) is 152. The van der Waals surface area contributed by atoms with Crippen molar-refractivity contribution in [1.82, 2.24) is 40.9 Å². The van der Waals surface area contributed by atoms with E-state index >= 15 is 0 Å². The molecule has 4 heterocycles. The summed E-state index contributed by atoms with van der Waals surface area (Å²) in [6.45, 7) is 18.7. The van der Waals surface area contributed by atoms with Crippen molar-refractivity contribution >= 4 is 71.4 Å². The van der Waals surface area contributed by atoms with Crippen LogP contribution in [0.5, 0.6) is 0 Å². The number of nitrogens with one attached hydrogen (secondary N) is 4. The van der Waals surface area contributed by atoms with Crippen molar-refractivity contribution in [2.75, 3.05) is 13.2 Å². The van der Waals surface area contributed by atoms with E-state index < -0.39 is 108 Å². The highest BCUT2D eigenvalue weighted by Crippen LogP contribution is 2.44. The zero-order valence-electron chi connectivity index (χ0n) is 63.1. The quantitative estimate of drug-likeness (QED) is 0.0220. The number of hydrogen-bond acceptors (Lipinski definition) is 18. The molecule has 8 aliphatic rings. The number of ether oxygens (including phenoxy) is 2. The Labute approximate surface area is 609 Å². The van der Waals surface area contributed by atoms with Crippen molar-refractivity contribution in [3.8, 4) is 0 Å². The summed E-state index contributed by atoms with van der Waals surface area (Å²) >= 11 is 0. The molecular formula is C75H126N8O20. The summed E-state index contributed by atoms with van der Waals surface area (Å²) in [5.74, 6) is -6.42. The molecule has 4 saturated heterocycles. The molecule has 0 aromatic carbocycles. The summed E-state index contributed by atoms with van der Waals surface area (Å²) in [6.07, 6.45) is 26.0. The normalized spacial score (nSPS) is 27.7. The Morgan fingerprint density at radius 1 is 0.330 bits per heavy atom. The molecule has 0 aromatic rings. The molecule has 4 amide bonds. The van der Waals surface area contributed by atoms with Gasteiger partial charge in [-0.1, -0.05) is 124 Å². The number of carbonyl (C=O) groups is 12. The van der Waals surface area contributed by atoms with Crippen LogP contribution in [0.25, 0.3) is 0 Å². The van der Waals surface area contributed by atoms with Crippen LogP contribution in [0.3, 0.4) is 0 Å². The molecule has 0 bridgehead atoms. The van der Waals surface area contributed by atoms with Crippen LogP contribution < -0.4 is 21.3 Å². The average molecular weight is 1460 g/mol. The number of likely N-dealkylation sites (tertiary alicyclic amines) is 4. The highest BCUT2D eigenvalue weighted by Gasteiger charge is 2.53. The molecule has 28 nitrogen and oxygen atoms in total. The third-order valence-corrected chi connectivity index (χ3v) is 22.6. The lowest BCUT2D eigenvalue weighted by molar-refractivity contribution is -0.152. The fourth-order valence-corrected chi connectivity index (χ4v) is 17.5. The molecule has 4 saturated carbocycles. The van der Waals surface area contributed by atoms with E-state index in [2.05, 4.69) is 28.2 Å². The highest BCUT2D eigenvalue weighted by molar-refractivity contribution is 5.91. The molecule has 10 N–H and O–H groups in total. The van der Waals surface area contributed by atoms with Crippen molar-refractivity contribution in [3.63, 3.8) is 0 Å². The molecule has 4 aliphatic heterocycles. The first-order valence-electron chi connectivity index (χ1n) is 39.1. The lowest BCUT2D eigenvalue weighted by Gasteiger charge is -2.35. The molecule has 0 spiro atoms. The molecule has 586 valence electrons. The predicted octanol–water partition coefficient (Wildman–Crippen LogP) is 7.98. The minimum absolute atomic E-state index is 0.00716. The second-order valence-corrected chi connectivity index (χ2v) is 29.9. The van der Waals surface area contributed by atoms with Gasteiger partial charge in [-0.15, -0.1) is 0 Å². The fourth-order valence-electron chi connectivity index (χ4n) is 17.5. The molecule has 8 fully saturated rings. The van der Waals surface area contributed by atoms with Gasteiger partial charge in [0.05, 0.1) is 37.4 Å². The van der Waals surface area contributed by atoms with Gasteiger partial charge in [0.2, 0.25) is 23.6 Å². The summed E-state index contributed by atoms with van der Waals surface area (Å²) in [6, 6.07) is -8.46. The van der Waals surface area contributed by atoms with E-state index in [1.54, 1.807) is 51.3 Å². The molecule has 28 heteroatoms. The van der Waals surface area contributed by atoms with Gasteiger partial charge in [-0.05, 0) is 168 Å². The van der Waals surface area contributed by atoms with E-state index in [1.165, 1.54) is 9.80 Å².